The molecule has 1 saturated carbocycles. The first kappa shape index (κ1) is 28.5. The Bertz CT molecular complexity index is 1920. The van der Waals surface area contributed by atoms with Crippen molar-refractivity contribution in [2.75, 3.05) is 0 Å². The summed E-state index contributed by atoms with van der Waals surface area (Å²) in [6, 6.07) is 46.3. The van der Waals surface area contributed by atoms with Crippen LogP contribution in [0.3, 0.4) is 0 Å². The molecule has 8 rings (SSSR count). The van der Waals surface area contributed by atoms with Crippen molar-refractivity contribution in [2.24, 2.45) is 5.92 Å². The molecule has 6 aromatic rings. The van der Waals surface area contributed by atoms with Gasteiger partial charge in [-0.2, -0.15) is 5.09 Å². The predicted molar refractivity (Wildman–Crippen MR) is 189 cm³/mol. The molecule has 0 bridgehead atoms. The summed E-state index contributed by atoms with van der Waals surface area (Å²) < 4.78 is 27.9. The van der Waals surface area contributed by atoms with E-state index in [0.717, 1.165) is 51.9 Å². The Kier molecular flexibility index (Phi) is 7.46. The van der Waals surface area contributed by atoms with Crippen LogP contribution in [0.5, 0.6) is 11.5 Å². The van der Waals surface area contributed by atoms with E-state index in [4.69, 9.17) is 9.05 Å². The summed E-state index contributed by atoms with van der Waals surface area (Å²) in [4.78, 5) is 0. The molecule has 224 valence electrons. The van der Waals surface area contributed by atoms with Crippen molar-refractivity contribution >= 4 is 47.8 Å². The average molecular weight is 628 g/mol. The van der Waals surface area contributed by atoms with Crippen LogP contribution in [0.25, 0.3) is 32.7 Å². The summed E-state index contributed by atoms with van der Waals surface area (Å²) in [6.07, 6.45) is 3.36. The van der Waals surface area contributed by atoms with Crippen molar-refractivity contribution in [2.45, 2.75) is 37.9 Å². The summed E-state index contributed by atoms with van der Waals surface area (Å²) in [6.45, 7) is 2.16. The lowest BCUT2D eigenvalue weighted by atomic mass is 9.92. The zero-order chi connectivity index (χ0) is 30.4. The van der Waals surface area contributed by atoms with Gasteiger partial charge in [-0.25, -0.2) is 4.57 Å². The highest BCUT2D eigenvalue weighted by atomic mass is 31.2. The molecule has 3 atom stereocenters. The normalized spacial score (nSPS) is 19.3. The Morgan fingerprint density at radius 2 is 1.13 bits per heavy atom. The molecule has 4 nitrogen and oxygen atoms in total. The quantitative estimate of drug-likeness (QED) is 0.187. The minimum absolute atomic E-state index is 0.0910. The largest absolute Gasteiger partial charge is 0.513 e. The van der Waals surface area contributed by atoms with Crippen molar-refractivity contribution in [1.82, 2.24) is 5.09 Å². The van der Waals surface area contributed by atoms with Crippen LogP contribution in [0.1, 0.15) is 26.2 Å². The number of rotatable bonds is 6. The first-order valence-electron chi connectivity index (χ1n) is 15.8. The molecule has 1 aliphatic carbocycles. The van der Waals surface area contributed by atoms with Gasteiger partial charge in [0.05, 0.1) is 0 Å². The number of hydrogen-bond acceptors (Lipinski definition) is 3. The van der Waals surface area contributed by atoms with E-state index in [0.29, 0.717) is 23.1 Å². The van der Waals surface area contributed by atoms with E-state index in [2.05, 4.69) is 96.9 Å². The summed E-state index contributed by atoms with van der Waals surface area (Å²) in [5.41, 5.74) is 2.28. The smallest absolute Gasteiger partial charge is 0.404 e. The maximum Gasteiger partial charge on any atom is 0.513 e. The lowest BCUT2D eigenvalue weighted by Crippen LogP contribution is -2.39. The molecule has 0 radical (unpaired) electrons. The third-order valence-corrected chi connectivity index (χ3v) is 14.0. The summed E-state index contributed by atoms with van der Waals surface area (Å²) in [5, 5.41) is 10.5. The van der Waals surface area contributed by atoms with E-state index >= 15 is 0 Å². The Labute approximate surface area is 265 Å². The van der Waals surface area contributed by atoms with Crippen LogP contribution < -0.4 is 24.7 Å². The lowest BCUT2D eigenvalue weighted by molar-refractivity contribution is 0.343. The maximum atomic E-state index is 14.9. The van der Waals surface area contributed by atoms with Crippen molar-refractivity contribution in [3.05, 3.63) is 133 Å². The van der Waals surface area contributed by atoms with Gasteiger partial charge in [0.1, 0.15) is 11.5 Å². The SMILES string of the molecule is C[C@@H](NP1(=O)Oc2ccc3ccccc3c2-c2c(ccc3ccccc23)O1)[C@@H]1CCCC1P(c1ccccc1)c1ccccc1. The average Bonchev–Trinajstić information content (AvgIpc) is 3.51. The number of fused-ring (bicyclic) bond motifs is 7. The van der Waals surface area contributed by atoms with Crippen LogP contribution in [0.15, 0.2) is 133 Å². The molecule has 0 saturated heterocycles. The summed E-state index contributed by atoms with van der Waals surface area (Å²) >= 11 is 0. The van der Waals surface area contributed by atoms with Crippen LogP contribution in [0.2, 0.25) is 0 Å². The van der Waals surface area contributed by atoms with Gasteiger partial charge in [-0.05, 0) is 83.6 Å². The molecule has 1 heterocycles. The highest BCUT2D eigenvalue weighted by Crippen LogP contribution is 2.58. The lowest BCUT2D eigenvalue weighted by Gasteiger charge is -2.34. The molecule has 45 heavy (non-hydrogen) atoms. The molecule has 6 aromatic carbocycles. The van der Waals surface area contributed by atoms with Crippen LogP contribution in [0.4, 0.5) is 0 Å². The van der Waals surface area contributed by atoms with Crippen molar-refractivity contribution in [1.29, 1.82) is 0 Å². The fourth-order valence-corrected chi connectivity index (χ4v) is 12.4. The second kappa shape index (κ2) is 11.8. The third-order valence-electron chi connectivity index (χ3n) is 9.40. The van der Waals surface area contributed by atoms with Gasteiger partial charge in [-0.15, -0.1) is 0 Å². The van der Waals surface area contributed by atoms with Crippen LogP contribution in [0, 0.1) is 5.92 Å². The fraction of sp³-hybridized carbons (Fsp3) is 0.179. The molecular formula is C39H35NO3P2. The molecule has 0 spiro atoms. The third kappa shape index (κ3) is 5.26. The zero-order valence-corrected chi connectivity index (χ0v) is 27.0. The van der Waals surface area contributed by atoms with E-state index in [1.807, 2.05) is 48.5 Å². The van der Waals surface area contributed by atoms with E-state index in [9.17, 15) is 4.57 Å². The van der Waals surface area contributed by atoms with Gasteiger partial charge in [-0.3, -0.25) is 0 Å². The molecule has 1 aliphatic heterocycles. The van der Waals surface area contributed by atoms with Gasteiger partial charge >= 0.3 is 7.75 Å². The van der Waals surface area contributed by atoms with Crippen molar-refractivity contribution in [3.8, 4) is 22.6 Å². The molecule has 1 N–H and O–H groups in total. The number of nitrogens with one attached hydrogen (secondary N) is 1. The van der Waals surface area contributed by atoms with Crippen molar-refractivity contribution in [3.63, 3.8) is 0 Å². The summed E-state index contributed by atoms with van der Waals surface area (Å²) in [5.74, 6) is 1.46. The molecule has 0 amide bonds. The fourth-order valence-electron chi connectivity index (χ4n) is 7.43. The van der Waals surface area contributed by atoms with Gasteiger partial charge in [-0.1, -0.05) is 128 Å². The first-order valence-corrected chi connectivity index (χ1v) is 18.7. The molecule has 1 fully saturated rings. The van der Waals surface area contributed by atoms with Crippen molar-refractivity contribution < 1.29 is 13.6 Å². The molecule has 1 unspecified atom stereocenters. The molecule has 2 aliphatic rings. The number of benzene rings is 6. The second-order valence-electron chi connectivity index (χ2n) is 12.1. The monoisotopic (exact) mass is 627 g/mol. The van der Waals surface area contributed by atoms with Gasteiger partial charge in [0.25, 0.3) is 0 Å². The highest BCUT2D eigenvalue weighted by molar-refractivity contribution is 7.73. The Balaban J connectivity index is 1.19. The number of hydrogen-bond donors (Lipinski definition) is 1. The van der Waals surface area contributed by atoms with Gasteiger partial charge in [0, 0.05) is 17.2 Å². The van der Waals surface area contributed by atoms with Crippen LogP contribution >= 0.6 is 15.7 Å². The minimum Gasteiger partial charge on any atom is -0.404 e. The minimum atomic E-state index is -3.83. The predicted octanol–water partition coefficient (Wildman–Crippen LogP) is 9.82. The Morgan fingerprint density at radius 3 is 1.67 bits per heavy atom. The standard InChI is InChI=1S/C39H35NO3P2/c1-27(32-21-12-22-37(32)44(30-15-4-2-5-16-30)31-17-6-3-7-18-31)40-45(41)42-35-25-23-28-13-8-10-19-33(28)38(35)39-34-20-11-9-14-29(34)24-26-36(39)43-45/h2-11,13-20,23-27,32,37H,12,21-22H2,1H3,(H,40,41)/t27-,32+,37?/m1/s1. The second-order valence-corrected chi connectivity index (χ2v) is 16.2. The Hall–Kier alpha value is -3.94. The maximum absolute atomic E-state index is 14.9. The topological polar surface area (TPSA) is 47.6 Å². The molecule has 0 aromatic heterocycles. The highest BCUT2D eigenvalue weighted by Gasteiger charge is 2.43. The first-order chi connectivity index (χ1) is 22.1. The van der Waals surface area contributed by atoms with E-state index in [1.165, 1.54) is 10.6 Å². The Morgan fingerprint density at radius 1 is 0.644 bits per heavy atom. The van der Waals surface area contributed by atoms with Gasteiger partial charge in [0.2, 0.25) is 0 Å². The zero-order valence-electron chi connectivity index (χ0n) is 25.2. The van der Waals surface area contributed by atoms with E-state index < -0.39 is 15.7 Å². The van der Waals surface area contributed by atoms with E-state index in [1.54, 1.807) is 0 Å². The molecular weight excluding hydrogens is 592 g/mol. The van der Waals surface area contributed by atoms with Gasteiger partial charge in [0.15, 0.2) is 0 Å². The molecule has 6 heteroatoms. The summed E-state index contributed by atoms with van der Waals surface area (Å²) in [7, 11) is -4.43. The van der Waals surface area contributed by atoms with Gasteiger partial charge < -0.3 is 9.05 Å². The van der Waals surface area contributed by atoms with Crippen LogP contribution in [-0.2, 0) is 4.57 Å². The van der Waals surface area contributed by atoms with E-state index in [-0.39, 0.29) is 6.04 Å². The van der Waals surface area contributed by atoms with Crippen LogP contribution in [-0.4, -0.2) is 11.7 Å².